The second-order valence-corrected chi connectivity index (χ2v) is 7.46. The number of aromatic nitrogens is 1. The molecule has 2 heterocycles. The van der Waals surface area contributed by atoms with E-state index in [1.54, 1.807) is 24.6 Å². The zero-order valence-electron chi connectivity index (χ0n) is 16.2. The molecule has 2 aromatic heterocycles. The van der Waals surface area contributed by atoms with Crippen LogP contribution in [0.5, 0.6) is 5.75 Å². The third-order valence-corrected chi connectivity index (χ3v) is 5.56. The molecular formula is C22H23NO4S. The van der Waals surface area contributed by atoms with Gasteiger partial charge < -0.3 is 14.0 Å². The summed E-state index contributed by atoms with van der Waals surface area (Å²) in [5.41, 5.74) is 3.71. The van der Waals surface area contributed by atoms with Crippen LogP contribution in [0, 0.1) is 13.8 Å². The van der Waals surface area contributed by atoms with E-state index in [0.717, 1.165) is 30.1 Å². The Morgan fingerprint density at radius 2 is 1.86 bits per heavy atom. The van der Waals surface area contributed by atoms with Crippen molar-refractivity contribution in [2.75, 3.05) is 13.7 Å². The molecule has 0 saturated carbocycles. The molecule has 0 spiro atoms. The molecule has 5 nitrogen and oxygen atoms in total. The molecule has 0 aliphatic rings. The summed E-state index contributed by atoms with van der Waals surface area (Å²) in [5, 5.41) is 1.80. The van der Waals surface area contributed by atoms with Gasteiger partial charge in [0, 0.05) is 23.5 Å². The number of esters is 1. The van der Waals surface area contributed by atoms with Crippen molar-refractivity contribution < 1.29 is 19.1 Å². The zero-order chi connectivity index (χ0) is 20.1. The zero-order valence-corrected chi connectivity index (χ0v) is 17.0. The first-order valence-electron chi connectivity index (χ1n) is 9.03. The van der Waals surface area contributed by atoms with Gasteiger partial charge in [-0.05, 0) is 55.5 Å². The van der Waals surface area contributed by atoms with Gasteiger partial charge in [0.2, 0.25) is 5.78 Å². The number of nitrogens with zero attached hydrogens (tertiary/aromatic N) is 1. The number of ether oxygens (including phenoxy) is 2. The number of hydrogen-bond donors (Lipinski definition) is 0. The van der Waals surface area contributed by atoms with Crippen molar-refractivity contribution in [1.82, 2.24) is 4.57 Å². The van der Waals surface area contributed by atoms with Gasteiger partial charge in [0.25, 0.3) is 0 Å². The van der Waals surface area contributed by atoms with E-state index in [1.165, 1.54) is 16.9 Å². The first kappa shape index (κ1) is 19.9. The maximum atomic E-state index is 12.5. The molecule has 0 radical (unpaired) electrons. The van der Waals surface area contributed by atoms with Crippen LogP contribution in [0.15, 0.2) is 47.8 Å². The molecule has 0 fully saturated rings. The number of benzene rings is 1. The molecule has 0 unspecified atom stereocenters. The van der Waals surface area contributed by atoms with E-state index >= 15 is 0 Å². The Morgan fingerprint density at radius 1 is 1.11 bits per heavy atom. The van der Waals surface area contributed by atoms with E-state index in [0.29, 0.717) is 10.4 Å². The molecule has 1 aromatic carbocycles. The first-order chi connectivity index (χ1) is 13.5. The van der Waals surface area contributed by atoms with Crippen LogP contribution in [0.25, 0.3) is 0 Å². The van der Waals surface area contributed by atoms with E-state index in [-0.39, 0.29) is 12.4 Å². The minimum Gasteiger partial charge on any atom is -0.497 e. The minimum absolute atomic E-state index is 0.186. The van der Waals surface area contributed by atoms with Gasteiger partial charge in [-0.2, -0.15) is 0 Å². The quantitative estimate of drug-likeness (QED) is 0.416. The third-order valence-electron chi connectivity index (χ3n) is 4.71. The molecule has 146 valence electrons. The lowest BCUT2D eigenvalue weighted by Crippen LogP contribution is -2.14. The van der Waals surface area contributed by atoms with Crippen LogP contribution in [-0.2, 0) is 17.7 Å². The van der Waals surface area contributed by atoms with Crippen LogP contribution >= 0.6 is 11.3 Å². The summed E-state index contributed by atoms with van der Waals surface area (Å²) < 4.78 is 12.5. The number of hydrogen-bond acceptors (Lipinski definition) is 5. The Morgan fingerprint density at radius 3 is 2.50 bits per heavy atom. The number of ketones is 1. The lowest BCUT2D eigenvalue weighted by molar-refractivity contribution is 0.0479. The van der Waals surface area contributed by atoms with E-state index in [9.17, 15) is 9.59 Å². The molecule has 3 rings (SSSR count). The van der Waals surface area contributed by atoms with Crippen LogP contribution in [0.4, 0.5) is 0 Å². The largest absolute Gasteiger partial charge is 0.497 e. The average Bonchev–Trinajstić information content (AvgIpc) is 3.34. The number of Topliss-reactive ketones (excluding diaryl/α,β-unsaturated/α-hetero) is 1. The standard InChI is InChI=1S/C22H23NO4S/c1-15-13-19(20(24)14-27-22(25)21-5-4-12-28-21)16(2)23(15)11-10-17-6-8-18(26-3)9-7-17/h4-9,12-13H,10-11,14H2,1-3H3. The Bertz CT molecular complexity index is 955. The molecule has 3 aromatic rings. The Hall–Kier alpha value is -2.86. The van der Waals surface area contributed by atoms with Crippen molar-refractivity contribution in [1.29, 1.82) is 0 Å². The van der Waals surface area contributed by atoms with Crippen molar-refractivity contribution in [3.8, 4) is 5.75 Å². The van der Waals surface area contributed by atoms with Gasteiger partial charge >= 0.3 is 5.97 Å². The van der Waals surface area contributed by atoms with Gasteiger partial charge in [0.15, 0.2) is 6.61 Å². The molecule has 0 aliphatic carbocycles. The van der Waals surface area contributed by atoms with E-state index in [1.807, 2.05) is 44.2 Å². The molecule has 0 amide bonds. The number of thiophene rings is 1. The highest BCUT2D eigenvalue weighted by Crippen LogP contribution is 2.19. The fourth-order valence-electron chi connectivity index (χ4n) is 3.14. The molecule has 0 atom stereocenters. The maximum Gasteiger partial charge on any atom is 0.348 e. The molecule has 0 bridgehead atoms. The smallest absolute Gasteiger partial charge is 0.348 e. The lowest BCUT2D eigenvalue weighted by atomic mass is 10.1. The number of rotatable bonds is 8. The lowest BCUT2D eigenvalue weighted by Gasteiger charge is -2.10. The highest BCUT2D eigenvalue weighted by atomic mass is 32.1. The number of methoxy groups -OCH3 is 1. The van der Waals surface area contributed by atoms with Gasteiger partial charge in [0.05, 0.1) is 7.11 Å². The monoisotopic (exact) mass is 397 g/mol. The van der Waals surface area contributed by atoms with E-state index < -0.39 is 5.97 Å². The summed E-state index contributed by atoms with van der Waals surface area (Å²) in [6.45, 7) is 4.43. The summed E-state index contributed by atoms with van der Waals surface area (Å²) in [7, 11) is 1.65. The fourth-order valence-corrected chi connectivity index (χ4v) is 3.75. The summed E-state index contributed by atoms with van der Waals surface area (Å²) in [6, 6.07) is 13.3. The second-order valence-electron chi connectivity index (χ2n) is 6.51. The summed E-state index contributed by atoms with van der Waals surface area (Å²) in [4.78, 5) is 25.0. The van der Waals surface area contributed by atoms with Crippen LogP contribution in [0.2, 0.25) is 0 Å². The summed E-state index contributed by atoms with van der Waals surface area (Å²) in [5.74, 6) is 0.187. The normalized spacial score (nSPS) is 10.7. The van der Waals surface area contributed by atoms with Crippen molar-refractivity contribution in [3.05, 3.63) is 75.2 Å². The Balaban J connectivity index is 1.63. The predicted octanol–water partition coefficient (Wildman–Crippen LogP) is 4.46. The third kappa shape index (κ3) is 4.51. The predicted molar refractivity (Wildman–Crippen MR) is 110 cm³/mol. The van der Waals surface area contributed by atoms with Gasteiger partial charge in [-0.25, -0.2) is 4.79 Å². The second kappa shape index (κ2) is 8.89. The molecule has 28 heavy (non-hydrogen) atoms. The number of aryl methyl sites for hydroxylation is 2. The number of carbonyl (C=O) groups is 2. The maximum absolute atomic E-state index is 12.5. The molecule has 0 saturated heterocycles. The average molecular weight is 397 g/mol. The van der Waals surface area contributed by atoms with E-state index in [2.05, 4.69) is 4.57 Å². The minimum atomic E-state index is -0.461. The fraction of sp³-hybridized carbons (Fsp3) is 0.273. The Labute approximate surface area is 168 Å². The van der Waals surface area contributed by atoms with Crippen LogP contribution in [0.3, 0.4) is 0 Å². The van der Waals surface area contributed by atoms with Crippen molar-refractivity contribution >= 4 is 23.1 Å². The summed E-state index contributed by atoms with van der Waals surface area (Å²) in [6.07, 6.45) is 0.849. The van der Waals surface area contributed by atoms with E-state index in [4.69, 9.17) is 9.47 Å². The highest BCUT2D eigenvalue weighted by Gasteiger charge is 2.18. The first-order valence-corrected chi connectivity index (χ1v) is 9.91. The van der Waals surface area contributed by atoms with Crippen LogP contribution in [-0.4, -0.2) is 30.0 Å². The van der Waals surface area contributed by atoms with Crippen LogP contribution in [0.1, 0.15) is 37.0 Å². The molecular weight excluding hydrogens is 374 g/mol. The van der Waals surface area contributed by atoms with Crippen molar-refractivity contribution in [2.24, 2.45) is 0 Å². The van der Waals surface area contributed by atoms with Crippen molar-refractivity contribution in [2.45, 2.75) is 26.8 Å². The highest BCUT2D eigenvalue weighted by molar-refractivity contribution is 7.11. The molecule has 0 aliphatic heterocycles. The molecule has 6 heteroatoms. The van der Waals surface area contributed by atoms with Gasteiger partial charge in [-0.3, -0.25) is 4.79 Å². The van der Waals surface area contributed by atoms with Gasteiger partial charge in [-0.15, -0.1) is 11.3 Å². The van der Waals surface area contributed by atoms with Gasteiger partial charge in [-0.1, -0.05) is 18.2 Å². The topological polar surface area (TPSA) is 57.5 Å². The summed E-state index contributed by atoms with van der Waals surface area (Å²) >= 11 is 1.30. The van der Waals surface area contributed by atoms with Crippen molar-refractivity contribution in [3.63, 3.8) is 0 Å². The Kier molecular flexibility index (Phi) is 6.31. The number of carbonyl (C=O) groups excluding carboxylic acids is 2. The van der Waals surface area contributed by atoms with Crippen LogP contribution < -0.4 is 4.74 Å². The van der Waals surface area contributed by atoms with Gasteiger partial charge in [0.1, 0.15) is 10.6 Å². The SMILES string of the molecule is COc1ccc(CCn2c(C)cc(C(=O)COC(=O)c3cccs3)c2C)cc1. The molecule has 0 N–H and O–H groups in total.